The lowest BCUT2D eigenvalue weighted by atomic mass is 9.92. The molecular weight excluding hydrogens is 544 g/mol. The molecule has 3 amide bonds. The van der Waals surface area contributed by atoms with Crippen molar-refractivity contribution < 1.29 is 19.1 Å². The molecule has 2 aromatic heterocycles. The summed E-state index contributed by atoms with van der Waals surface area (Å²) < 4.78 is 11.7. The molecule has 2 heterocycles. The van der Waals surface area contributed by atoms with Gasteiger partial charge in [0.25, 0.3) is 0 Å². The Morgan fingerprint density at radius 3 is 2.44 bits per heavy atom. The minimum Gasteiger partial charge on any atom is -0.494 e. The molecule has 0 saturated heterocycles. The number of pyridine rings is 1. The lowest BCUT2D eigenvalue weighted by molar-refractivity contribution is -0.119. The third kappa shape index (κ3) is 6.54. The van der Waals surface area contributed by atoms with Crippen LogP contribution in [0.5, 0.6) is 17.2 Å². The average molecular weight is 577 g/mol. The van der Waals surface area contributed by atoms with Crippen molar-refractivity contribution >= 4 is 51.6 Å². The van der Waals surface area contributed by atoms with Gasteiger partial charge in [-0.25, -0.2) is 4.79 Å². The smallest absolute Gasteiger partial charge is 0.324 e. The van der Waals surface area contributed by atoms with E-state index in [2.05, 4.69) is 31.1 Å². The molecule has 0 atom stereocenters. The van der Waals surface area contributed by atoms with Crippen LogP contribution in [0.2, 0.25) is 5.02 Å². The molecule has 41 heavy (non-hydrogen) atoms. The zero-order chi connectivity index (χ0) is 29.1. The van der Waals surface area contributed by atoms with Crippen LogP contribution in [0.3, 0.4) is 0 Å². The molecule has 0 radical (unpaired) electrons. The summed E-state index contributed by atoms with van der Waals surface area (Å²) in [5, 5.41) is 16.5. The predicted molar refractivity (Wildman–Crippen MR) is 160 cm³/mol. The molecule has 10 nitrogen and oxygen atoms in total. The molecule has 0 bridgehead atoms. The van der Waals surface area contributed by atoms with Crippen LogP contribution in [0.15, 0.2) is 48.7 Å². The van der Waals surface area contributed by atoms with E-state index in [1.54, 1.807) is 49.7 Å². The number of ether oxygens (including phenoxy) is 2. The molecule has 5 rings (SSSR count). The van der Waals surface area contributed by atoms with Gasteiger partial charge in [-0.3, -0.25) is 20.2 Å². The number of aromatic amines is 1. The predicted octanol–water partition coefficient (Wildman–Crippen LogP) is 7.48. The van der Waals surface area contributed by atoms with Crippen LogP contribution < -0.4 is 25.4 Å². The molecule has 214 valence electrons. The first-order valence-corrected chi connectivity index (χ1v) is 13.9. The van der Waals surface area contributed by atoms with Gasteiger partial charge in [-0.2, -0.15) is 5.10 Å². The van der Waals surface area contributed by atoms with Crippen LogP contribution in [0, 0.1) is 5.92 Å². The standard InChI is InChI=1S/C30H33ClN6O4/c1-30(2,3)26-16-27(37-36-26)35-29(39)34-21-10-9-18(13-20(21)31)41-24-11-12-32-22-15-25(40-4)23(14-19(22)24)33-28(38)17-7-5-6-8-17/h9-17H,5-8H2,1-4H3,(H,33,38)(H3,34,35,36,37,39). The fourth-order valence-electron chi connectivity index (χ4n) is 4.75. The second kappa shape index (κ2) is 11.7. The fraction of sp³-hybridized carbons (Fsp3) is 0.333. The van der Waals surface area contributed by atoms with Crippen LogP contribution >= 0.6 is 11.6 Å². The van der Waals surface area contributed by atoms with Crippen molar-refractivity contribution in [1.82, 2.24) is 15.2 Å². The lowest BCUT2D eigenvalue weighted by Gasteiger charge is -2.16. The van der Waals surface area contributed by atoms with E-state index < -0.39 is 6.03 Å². The van der Waals surface area contributed by atoms with Crippen LogP contribution in [0.1, 0.15) is 52.1 Å². The number of H-pyrrole nitrogens is 1. The molecule has 4 aromatic rings. The van der Waals surface area contributed by atoms with Crippen molar-refractivity contribution in [1.29, 1.82) is 0 Å². The Balaban J connectivity index is 1.31. The van der Waals surface area contributed by atoms with Gasteiger partial charge >= 0.3 is 6.03 Å². The van der Waals surface area contributed by atoms with Gasteiger partial charge in [0.15, 0.2) is 5.82 Å². The summed E-state index contributed by atoms with van der Waals surface area (Å²) in [7, 11) is 1.56. The number of amides is 3. The summed E-state index contributed by atoms with van der Waals surface area (Å²) in [6.07, 6.45) is 5.56. The number of anilines is 3. The number of aromatic nitrogens is 3. The number of carbonyl (C=O) groups is 2. The Bertz CT molecular complexity index is 1590. The number of nitrogens with one attached hydrogen (secondary N) is 4. The van der Waals surface area contributed by atoms with E-state index in [4.69, 9.17) is 21.1 Å². The highest BCUT2D eigenvalue weighted by molar-refractivity contribution is 6.34. The van der Waals surface area contributed by atoms with E-state index in [9.17, 15) is 9.59 Å². The molecule has 1 aliphatic carbocycles. The zero-order valence-electron chi connectivity index (χ0n) is 23.4. The molecule has 11 heteroatoms. The average Bonchev–Trinajstić information content (AvgIpc) is 3.63. The van der Waals surface area contributed by atoms with Gasteiger partial charge in [0.1, 0.15) is 17.2 Å². The number of carbonyl (C=O) groups excluding carboxylic acids is 2. The zero-order valence-corrected chi connectivity index (χ0v) is 24.2. The third-order valence-corrected chi connectivity index (χ3v) is 7.36. The van der Waals surface area contributed by atoms with Crippen molar-refractivity contribution in [2.45, 2.75) is 51.9 Å². The van der Waals surface area contributed by atoms with Gasteiger partial charge in [0.05, 0.1) is 29.0 Å². The van der Waals surface area contributed by atoms with Crippen molar-refractivity contribution in [3.63, 3.8) is 0 Å². The van der Waals surface area contributed by atoms with Crippen LogP contribution in [-0.4, -0.2) is 34.2 Å². The third-order valence-electron chi connectivity index (χ3n) is 7.05. The number of benzene rings is 2. The molecular formula is C30H33ClN6O4. The number of halogens is 1. The highest BCUT2D eigenvalue weighted by Gasteiger charge is 2.24. The summed E-state index contributed by atoms with van der Waals surface area (Å²) in [5.74, 6) is 1.92. The molecule has 1 fully saturated rings. The molecule has 0 unspecified atom stereocenters. The van der Waals surface area contributed by atoms with Crippen LogP contribution in [0.4, 0.5) is 22.0 Å². The number of rotatable bonds is 7. The van der Waals surface area contributed by atoms with Gasteiger partial charge in [0, 0.05) is 46.8 Å². The summed E-state index contributed by atoms with van der Waals surface area (Å²) >= 11 is 6.49. The second-order valence-corrected chi connectivity index (χ2v) is 11.5. The second-order valence-electron chi connectivity index (χ2n) is 11.1. The highest BCUT2D eigenvalue weighted by Crippen LogP contribution is 2.38. The molecule has 4 N–H and O–H groups in total. The van der Waals surface area contributed by atoms with E-state index in [1.165, 1.54) is 0 Å². The first-order chi connectivity index (χ1) is 19.6. The van der Waals surface area contributed by atoms with Crippen molar-refractivity contribution in [3.05, 3.63) is 59.4 Å². The van der Waals surface area contributed by atoms with E-state index in [0.717, 1.165) is 31.4 Å². The van der Waals surface area contributed by atoms with Gasteiger partial charge in [0.2, 0.25) is 5.91 Å². The van der Waals surface area contributed by atoms with E-state index in [0.29, 0.717) is 50.4 Å². The van der Waals surface area contributed by atoms with Gasteiger partial charge in [-0.15, -0.1) is 0 Å². The number of urea groups is 1. The first-order valence-electron chi connectivity index (χ1n) is 13.5. The Morgan fingerprint density at radius 1 is 0.976 bits per heavy atom. The van der Waals surface area contributed by atoms with E-state index in [-0.39, 0.29) is 17.2 Å². The van der Waals surface area contributed by atoms with Crippen molar-refractivity contribution in [3.8, 4) is 17.2 Å². The first kappa shape index (κ1) is 28.2. The Morgan fingerprint density at radius 2 is 1.76 bits per heavy atom. The minimum atomic E-state index is -0.478. The number of methoxy groups -OCH3 is 1. The molecule has 0 spiro atoms. The number of nitrogens with zero attached hydrogens (tertiary/aromatic N) is 2. The summed E-state index contributed by atoms with van der Waals surface area (Å²) in [5.41, 5.74) is 2.39. The van der Waals surface area contributed by atoms with Gasteiger partial charge < -0.3 is 20.1 Å². The van der Waals surface area contributed by atoms with Gasteiger partial charge in [-0.05, 0) is 37.1 Å². The van der Waals surface area contributed by atoms with Crippen LogP contribution in [-0.2, 0) is 10.2 Å². The Labute approximate surface area is 243 Å². The van der Waals surface area contributed by atoms with Crippen molar-refractivity contribution in [2.75, 3.05) is 23.1 Å². The topological polar surface area (TPSA) is 130 Å². The monoisotopic (exact) mass is 576 g/mol. The van der Waals surface area contributed by atoms with Crippen molar-refractivity contribution in [2.24, 2.45) is 5.92 Å². The maximum atomic E-state index is 12.8. The van der Waals surface area contributed by atoms with Gasteiger partial charge in [-0.1, -0.05) is 45.2 Å². The minimum absolute atomic E-state index is 0.00709. The van der Waals surface area contributed by atoms with E-state index in [1.807, 2.05) is 26.8 Å². The SMILES string of the molecule is COc1cc2nccc(Oc3ccc(NC(=O)Nc4cc(C(C)(C)C)[nH]n4)c(Cl)c3)c2cc1NC(=O)C1CCCC1. The summed E-state index contributed by atoms with van der Waals surface area (Å²) in [6, 6.07) is 11.6. The maximum absolute atomic E-state index is 12.8. The highest BCUT2D eigenvalue weighted by atomic mass is 35.5. The molecule has 1 saturated carbocycles. The quantitative estimate of drug-likeness (QED) is 0.180. The maximum Gasteiger partial charge on any atom is 0.324 e. The molecule has 1 aliphatic rings. The lowest BCUT2D eigenvalue weighted by Crippen LogP contribution is -2.20. The molecule has 2 aromatic carbocycles. The fourth-order valence-corrected chi connectivity index (χ4v) is 4.97. The largest absolute Gasteiger partial charge is 0.494 e. The Kier molecular flexibility index (Phi) is 8.03. The van der Waals surface area contributed by atoms with E-state index >= 15 is 0 Å². The number of fused-ring (bicyclic) bond motifs is 1. The normalized spacial score (nSPS) is 13.7. The number of hydrogen-bond acceptors (Lipinski definition) is 6. The van der Waals surface area contributed by atoms with Crippen LogP contribution in [0.25, 0.3) is 10.9 Å². The summed E-state index contributed by atoms with van der Waals surface area (Å²) in [6.45, 7) is 6.15. The summed E-state index contributed by atoms with van der Waals surface area (Å²) in [4.78, 5) is 29.8. The number of hydrogen-bond donors (Lipinski definition) is 4. The Hall–Kier alpha value is -4.31. The molecule has 0 aliphatic heterocycles.